The quantitative estimate of drug-likeness (QED) is 0.769. The summed E-state index contributed by atoms with van der Waals surface area (Å²) >= 11 is 0. The van der Waals surface area contributed by atoms with Crippen LogP contribution in [0.15, 0.2) is 53.5 Å². The maximum atomic E-state index is 13.6. The molecular formula is C21H19FN2O2. The minimum Gasteiger partial charge on any atom is -0.350 e. The Kier molecular flexibility index (Phi) is 4.07. The topological polar surface area (TPSA) is 51.1 Å². The van der Waals surface area contributed by atoms with Gasteiger partial charge in [-0.2, -0.15) is 0 Å². The van der Waals surface area contributed by atoms with E-state index in [0.29, 0.717) is 5.52 Å². The number of nitrogens with one attached hydrogen (secondary N) is 1. The van der Waals surface area contributed by atoms with Crippen molar-refractivity contribution in [3.05, 3.63) is 81.4 Å². The number of nitrogens with zero attached hydrogens (tertiary/aromatic N) is 1. The van der Waals surface area contributed by atoms with Gasteiger partial charge in [-0.05, 0) is 48.6 Å². The van der Waals surface area contributed by atoms with E-state index in [2.05, 4.69) is 11.4 Å². The lowest BCUT2D eigenvalue weighted by Crippen LogP contribution is -2.34. The normalized spacial score (nSPS) is 16.3. The molecule has 1 aliphatic carbocycles. The highest BCUT2D eigenvalue weighted by molar-refractivity contribution is 5.97. The fraction of sp³-hybridized carbons (Fsp3) is 0.238. The number of hydrogen-bond donors (Lipinski definition) is 1. The molecule has 4 rings (SSSR count). The molecule has 0 aliphatic heterocycles. The highest BCUT2D eigenvalue weighted by Gasteiger charge is 2.23. The zero-order chi connectivity index (χ0) is 18.3. The van der Waals surface area contributed by atoms with Gasteiger partial charge >= 0.3 is 0 Å². The molecule has 5 heteroatoms. The number of aryl methyl sites for hydroxylation is 2. The molecule has 1 aromatic heterocycles. The van der Waals surface area contributed by atoms with Gasteiger partial charge in [0.25, 0.3) is 5.91 Å². The maximum Gasteiger partial charge on any atom is 0.257 e. The van der Waals surface area contributed by atoms with Crippen molar-refractivity contribution < 1.29 is 9.18 Å². The third-order valence-electron chi connectivity index (χ3n) is 5.07. The zero-order valence-corrected chi connectivity index (χ0v) is 14.5. The summed E-state index contributed by atoms with van der Waals surface area (Å²) in [5, 5.41) is 3.20. The van der Waals surface area contributed by atoms with E-state index in [0.717, 1.165) is 24.8 Å². The van der Waals surface area contributed by atoms with Crippen LogP contribution in [0.25, 0.3) is 10.9 Å². The summed E-state index contributed by atoms with van der Waals surface area (Å²) in [5.74, 6) is -0.910. The number of carbonyl (C=O) groups excluding carboxylic acids is 1. The average Bonchev–Trinajstić information content (AvgIpc) is 2.65. The third kappa shape index (κ3) is 2.79. The first kappa shape index (κ1) is 16.5. The number of carbonyl (C=O) groups is 1. The lowest BCUT2D eigenvalue weighted by atomic mass is 9.87. The van der Waals surface area contributed by atoms with E-state index in [1.807, 2.05) is 18.2 Å². The number of benzene rings is 2. The molecule has 1 atom stereocenters. The number of fused-ring (bicyclic) bond motifs is 2. The Bertz CT molecular complexity index is 1070. The monoisotopic (exact) mass is 350 g/mol. The van der Waals surface area contributed by atoms with Crippen LogP contribution in [-0.2, 0) is 13.5 Å². The van der Waals surface area contributed by atoms with Gasteiger partial charge in [0.2, 0.25) is 5.43 Å². The predicted molar refractivity (Wildman–Crippen MR) is 98.7 cm³/mol. The molecule has 1 aliphatic rings. The minimum absolute atomic E-state index is 0.0358. The molecule has 0 saturated heterocycles. The van der Waals surface area contributed by atoms with Crippen LogP contribution in [0.3, 0.4) is 0 Å². The number of amides is 1. The van der Waals surface area contributed by atoms with Crippen molar-refractivity contribution in [2.75, 3.05) is 0 Å². The van der Waals surface area contributed by atoms with Gasteiger partial charge in [0.15, 0.2) is 0 Å². The first-order valence-electron chi connectivity index (χ1n) is 8.72. The van der Waals surface area contributed by atoms with Crippen molar-refractivity contribution in [1.29, 1.82) is 0 Å². The van der Waals surface area contributed by atoms with Gasteiger partial charge in [0.05, 0.1) is 11.6 Å². The summed E-state index contributed by atoms with van der Waals surface area (Å²) < 4.78 is 15.3. The summed E-state index contributed by atoms with van der Waals surface area (Å²) in [5.41, 5.74) is 2.53. The van der Waals surface area contributed by atoms with Crippen LogP contribution in [0, 0.1) is 5.82 Å². The van der Waals surface area contributed by atoms with Crippen molar-refractivity contribution in [2.45, 2.75) is 25.3 Å². The molecule has 1 heterocycles. The van der Waals surface area contributed by atoms with Crippen molar-refractivity contribution in [3.63, 3.8) is 0 Å². The molecule has 0 spiro atoms. The van der Waals surface area contributed by atoms with Gasteiger partial charge in [0.1, 0.15) is 11.4 Å². The first-order chi connectivity index (χ1) is 12.5. The summed E-state index contributed by atoms with van der Waals surface area (Å²) in [6, 6.07) is 12.0. The van der Waals surface area contributed by atoms with Gasteiger partial charge in [-0.25, -0.2) is 4.39 Å². The SMILES string of the molecule is Cn1cc(C(=O)NC2CCCc3ccccc32)c(=O)c2cc(F)ccc21. The van der Waals surface area contributed by atoms with Gasteiger partial charge in [0, 0.05) is 18.6 Å². The van der Waals surface area contributed by atoms with Crippen molar-refractivity contribution in [2.24, 2.45) is 7.05 Å². The second kappa shape index (κ2) is 6.41. The molecule has 1 N–H and O–H groups in total. The van der Waals surface area contributed by atoms with Crippen LogP contribution in [0.1, 0.15) is 40.4 Å². The Labute approximate surface area is 150 Å². The lowest BCUT2D eigenvalue weighted by Gasteiger charge is -2.26. The Morgan fingerprint density at radius 1 is 1.23 bits per heavy atom. The molecule has 132 valence electrons. The second-order valence-electron chi connectivity index (χ2n) is 6.76. The van der Waals surface area contributed by atoms with E-state index in [4.69, 9.17) is 0 Å². The molecule has 0 bridgehead atoms. The highest BCUT2D eigenvalue weighted by Crippen LogP contribution is 2.29. The molecule has 4 nitrogen and oxygen atoms in total. The molecule has 0 saturated carbocycles. The van der Waals surface area contributed by atoms with Crippen LogP contribution < -0.4 is 10.7 Å². The number of halogens is 1. The molecule has 1 unspecified atom stereocenters. The van der Waals surface area contributed by atoms with E-state index in [1.165, 1.54) is 23.9 Å². The number of aromatic nitrogens is 1. The maximum absolute atomic E-state index is 13.6. The predicted octanol–water partition coefficient (Wildman–Crippen LogP) is 3.49. The van der Waals surface area contributed by atoms with Crippen LogP contribution >= 0.6 is 0 Å². The summed E-state index contributed by atoms with van der Waals surface area (Å²) in [6.07, 6.45) is 4.35. The van der Waals surface area contributed by atoms with E-state index >= 15 is 0 Å². The molecular weight excluding hydrogens is 331 g/mol. The largest absolute Gasteiger partial charge is 0.350 e. The van der Waals surface area contributed by atoms with E-state index in [1.54, 1.807) is 17.7 Å². The first-order valence-corrected chi connectivity index (χ1v) is 8.72. The van der Waals surface area contributed by atoms with Crippen LogP contribution in [0.4, 0.5) is 4.39 Å². The average molecular weight is 350 g/mol. The van der Waals surface area contributed by atoms with Gasteiger partial charge in [-0.1, -0.05) is 24.3 Å². The molecule has 0 radical (unpaired) electrons. The lowest BCUT2D eigenvalue weighted by molar-refractivity contribution is 0.0931. The molecule has 2 aromatic carbocycles. The van der Waals surface area contributed by atoms with Crippen molar-refractivity contribution >= 4 is 16.8 Å². The van der Waals surface area contributed by atoms with Crippen LogP contribution in [-0.4, -0.2) is 10.5 Å². The minimum atomic E-state index is -0.492. The Morgan fingerprint density at radius 2 is 2.04 bits per heavy atom. The Balaban J connectivity index is 1.72. The van der Waals surface area contributed by atoms with Crippen LogP contribution in [0.2, 0.25) is 0 Å². The highest BCUT2D eigenvalue weighted by atomic mass is 19.1. The third-order valence-corrected chi connectivity index (χ3v) is 5.07. The molecule has 3 aromatic rings. The van der Waals surface area contributed by atoms with Gasteiger partial charge in [-0.3, -0.25) is 9.59 Å². The standard InChI is InChI=1S/C21H19FN2O2/c1-24-12-17(20(25)16-11-14(22)9-10-19(16)24)21(26)23-18-8-4-6-13-5-2-3-7-15(13)18/h2-3,5,7,9-12,18H,4,6,8H2,1H3,(H,23,26). The molecule has 1 amide bonds. The Hall–Kier alpha value is -2.95. The smallest absolute Gasteiger partial charge is 0.257 e. The van der Waals surface area contributed by atoms with Crippen molar-refractivity contribution in [3.8, 4) is 0 Å². The number of rotatable bonds is 2. The number of pyridine rings is 1. The second-order valence-corrected chi connectivity index (χ2v) is 6.76. The fourth-order valence-corrected chi connectivity index (χ4v) is 3.77. The summed E-state index contributed by atoms with van der Waals surface area (Å²) in [6.45, 7) is 0. The molecule has 26 heavy (non-hydrogen) atoms. The van der Waals surface area contributed by atoms with Gasteiger partial charge in [-0.15, -0.1) is 0 Å². The van der Waals surface area contributed by atoms with Crippen molar-refractivity contribution in [1.82, 2.24) is 9.88 Å². The fourth-order valence-electron chi connectivity index (χ4n) is 3.77. The summed E-state index contributed by atoms with van der Waals surface area (Å²) in [4.78, 5) is 25.5. The Morgan fingerprint density at radius 3 is 2.88 bits per heavy atom. The van der Waals surface area contributed by atoms with E-state index in [9.17, 15) is 14.0 Å². The van der Waals surface area contributed by atoms with E-state index < -0.39 is 17.2 Å². The summed E-state index contributed by atoms with van der Waals surface area (Å²) in [7, 11) is 1.74. The number of hydrogen-bond acceptors (Lipinski definition) is 2. The zero-order valence-electron chi connectivity index (χ0n) is 14.5. The van der Waals surface area contributed by atoms with Gasteiger partial charge < -0.3 is 9.88 Å². The molecule has 0 fully saturated rings. The van der Waals surface area contributed by atoms with E-state index in [-0.39, 0.29) is 17.0 Å². The van der Waals surface area contributed by atoms with Crippen LogP contribution in [0.5, 0.6) is 0 Å².